The number of nitrogens with one attached hydrogen (secondary N) is 1. The number of nitrogens with zero attached hydrogens (tertiary/aromatic N) is 1. The molecule has 0 aromatic heterocycles. The number of amides is 1. The van der Waals surface area contributed by atoms with Crippen molar-refractivity contribution in [3.8, 4) is 0 Å². The molecular weight excluding hydrogens is 264 g/mol. The number of hydrogen-bond acceptors (Lipinski definition) is 3. The summed E-state index contributed by atoms with van der Waals surface area (Å²) in [7, 11) is 0. The van der Waals surface area contributed by atoms with Gasteiger partial charge in [-0.3, -0.25) is 4.79 Å². The largest absolute Gasteiger partial charge is 0.379 e. The standard InChI is InChI=1S/C14H17ClN2O2/c1-9(2)16-13(18)14(3)8-12(17-19-14)10-6-4-5-7-11(10)15/h4-7,9H,8H2,1-3H3,(H,16,18). The van der Waals surface area contributed by atoms with Gasteiger partial charge in [0.25, 0.3) is 5.91 Å². The van der Waals surface area contributed by atoms with Gasteiger partial charge in [0.05, 0.1) is 5.71 Å². The lowest BCUT2D eigenvalue weighted by atomic mass is 9.95. The molecule has 1 aliphatic rings. The van der Waals surface area contributed by atoms with Crippen LogP contribution in [-0.4, -0.2) is 23.3 Å². The molecule has 0 spiro atoms. The predicted octanol–water partition coefficient (Wildman–Crippen LogP) is 2.75. The summed E-state index contributed by atoms with van der Waals surface area (Å²) in [6, 6.07) is 7.47. The van der Waals surface area contributed by atoms with Crippen molar-refractivity contribution in [2.45, 2.75) is 38.8 Å². The van der Waals surface area contributed by atoms with Crippen molar-refractivity contribution >= 4 is 23.2 Å². The molecule has 2 rings (SSSR count). The molecule has 1 amide bonds. The molecule has 0 bridgehead atoms. The molecule has 1 aromatic rings. The average molecular weight is 281 g/mol. The Labute approximate surface area is 117 Å². The van der Waals surface area contributed by atoms with Gasteiger partial charge < -0.3 is 10.2 Å². The Kier molecular flexibility index (Phi) is 3.80. The molecule has 1 aliphatic heterocycles. The van der Waals surface area contributed by atoms with Crippen LogP contribution in [0.25, 0.3) is 0 Å². The van der Waals surface area contributed by atoms with E-state index in [4.69, 9.17) is 16.4 Å². The zero-order valence-electron chi connectivity index (χ0n) is 11.2. The minimum Gasteiger partial charge on any atom is -0.379 e. The molecule has 1 aromatic carbocycles. The quantitative estimate of drug-likeness (QED) is 0.925. The third kappa shape index (κ3) is 2.89. The normalized spacial score (nSPS) is 22.1. The predicted molar refractivity (Wildman–Crippen MR) is 75.4 cm³/mol. The molecule has 5 heteroatoms. The zero-order valence-corrected chi connectivity index (χ0v) is 12.0. The average Bonchev–Trinajstić information content (AvgIpc) is 2.73. The molecule has 0 fully saturated rings. The van der Waals surface area contributed by atoms with E-state index in [1.54, 1.807) is 13.0 Å². The Balaban J connectivity index is 2.15. The Morgan fingerprint density at radius 3 is 2.79 bits per heavy atom. The van der Waals surface area contributed by atoms with Crippen LogP contribution in [0.5, 0.6) is 0 Å². The molecule has 19 heavy (non-hydrogen) atoms. The van der Waals surface area contributed by atoms with Crippen LogP contribution < -0.4 is 5.32 Å². The van der Waals surface area contributed by atoms with Crippen molar-refractivity contribution < 1.29 is 9.63 Å². The smallest absolute Gasteiger partial charge is 0.267 e. The van der Waals surface area contributed by atoms with Crippen molar-refractivity contribution in [2.24, 2.45) is 5.16 Å². The number of rotatable bonds is 3. The van der Waals surface area contributed by atoms with E-state index in [1.807, 2.05) is 32.0 Å². The van der Waals surface area contributed by atoms with E-state index in [9.17, 15) is 4.79 Å². The van der Waals surface area contributed by atoms with Gasteiger partial charge in [0.15, 0.2) is 0 Å². The van der Waals surface area contributed by atoms with Crippen molar-refractivity contribution in [1.29, 1.82) is 0 Å². The highest BCUT2D eigenvalue weighted by Crippen LogP contribution is 2.29. The summed E-state index contributed by atoms with van der Waals surface area (Å²) < 4.78 is 0. The Morgan fingerprint density at radius 1 is 1.47 bits per heavy atom. The number of halogens is 1. The number of hydrogen-bond donors (Lipinski definition) is 1. The van der Waals surface area contributed by atoms with E-state index in [2.05, 4.69) is 10.5 Å². The molecule has 0 aliphatic carbocycles. The van der Waals surface area contributed by atoms with Crippen LogP contribution in [0.2, 0.25) is 5.02 Å². The van der Waals surface area contributed by atoms with E-state index in [-0.39, 0.29) is 11.9 Å². The first-order chi connectivity index (χ1) is 8.92. The van der Waals surface area contributed by atoms with E-state index >= 15 is 0 Å². The van der Waals surface area contributed by atoms with Crippen molar-refractivity contribution in [2.75, 3.05) is 0 Å². The molecule has 0 saturated heterocycles. The van der Waals surface area contributed by atoms with E-state index < -0.39 is 5.60 Å². The van der Waals surface area contributed by atoms with E-state index in [0.717, 1.165) is 5.56 Å². The fraction of sp³-hybridized carbons (Fsp3) is 0.429. The van der Waals surface area contributed by atoms with Gasteiger partial charge >= 0.3 is 0 Å². The first kappa shape index (κ1) is 13.9. The molecule has 4 nitrogen and oxygen atoms in total. The second-order valence-corrected chi connectivity index (χ2v) is 5.55. The molecule has 1 heterocycles. The number of oxime groups is 1. The minimum absolute atomic E-state index is 0.0669. The molecule has 1 unspecified atom stereocenters. The first-order valence-electron chi connectivity index (χ1n) is 6.23. The van der Waals surface area contributed by atoms with Crippen LogP contribution in [0.15, 0.2) is 29.4 Å². The zero-order chi connectivity index (χ0) is 14.0. The number of carbonyl (C=O) groups is 1. The molecule has 0 radical (unpaired) electrons. The van der Waals surface area contributed by atoms with Crippen LogP contribution in [-0.2, 0) is 9.63 Å². The third-order valence-electron chi connectivity index (χ3n) is 2.95. The summed E-state index contributed by atoms with van der Waals surface area (Å²) in [5.41, 5.74) is 0.552. The summed E-state index contributed by atoms with van der Waals surface area (Å²) >= 11 is 6.12. The summed E-state index contributed by atoms with van der Waals surface area (Å²) in [6.45, 7) is 5.55. The van der Waals surface area contributed by atoms with Crippen LogP contribution in [0.1, 0.15) is 32.8 Å². The molecule has 1 N–H and O–H groups in total. The van der Waals surface area contributed by atoms with Crippen molar-refractivity contribution in [3.63, 3.8) is 0 Å². The fourth-order valence-corrected chi connectivity index (χ4v) is 2.16. The second-order valence-electron chi connectivity index (χ2n) is 5.14. The topological polar surface area (TPSA) is 50.7 Å². The number of benzene rings is 1. The van der Waals surface area contributed by atoms with Crippen LogP contribution in [0.3, 0.4) is 0 Å². The molecule has 0 saturated carbocycles. The highest BCUT2D eigenvalue weighted by molar-refractivity contribution is 6.34. The first-order valence-corrected chi connectivity index (χ1v) is 6.61. The van der Waals surface area contributed by atoms with Gasteiger partial charge in [-0.2, -0.15) is 0 Å². The maximum atomic E-state index is 12.1. The van der Waals surface area contributed by atoms with Crippen molar-refractivity contribution in [1.82, 2.24) is 5.32 Å². The summed E-state index contributed by atoms with van der Waals surface area (Å²) in [6.07, 6.45) is 0.412. The lowest BCUT2D eigenvalue weighted by Crippen LogP contribution is -2.47. The fourth-order valence-electron chi connectivity index (χ4n) is 1.92. The summed E-state index contributed by atoms with van der Waals surface area (Å²) in [5, 5.41) is 7.47. The van der Waals surface area contributed by atoms with E-state index in [0.29, 0.717) is 17.2 Å². The molecular formula is C14H17ClN2O2. The lowest BCUT2D eigenvalue weighted by Gasteiger charge is -2.21. The monoisotopic (exact) mass is 280 g/mol. The van der Waals surface area contributed by atoms with Crippen LogP contribution in [0, 0.1) is 0 Å². The molecule has 1 atom stereocenters. The highest BCUT2D eigenvalue weighted by atomic mass is 35.5. The maximum Gasteiger partial charge on any atom is 0.267 e. The van der Waals surface area contributed by atoms with Crippen LogP contribution in [0.4, 0.5) is 0 Å². The van der Waals surface area contributed by atoms with Gasteiger partial charge in [0, 0.05) is 23.0 Å². The van der Waals surface area contributed by atoms with Gasteiger partial charge in [-0.15, -0.1) is 0 Å². The van der Waals surface area contributed by atoms with Gasteiger partial charge in [-0.05, 0) is 26.8 Å². The number of carbonyl (C=O) groups excluding carboxylic acids is 1. The van der Waals surface area contributed by atoms with Gasteiger partial charge in [-0.1, -0.05) is 35.0 Å². The summed E-state index contributed by atoms with van der Waals surface area (Å²) in [5.74, 6) is -0.159. The minimum atomic E-state index is -0.960. The third-order valence-corrected chi connectivity index (χ3v) is 3.28. The van der Waals surface area contributed by atoms with Gasteiger partial charge in [-0.25, -0.2) is 0 Å². The molecule has 102 valence electrons. The highest BCUT2D eigenvalue weighted by Gasteiger charge is 2.42. The Bertz CT molecular complexity index is 528. The summed E-state index contributed by atoms with van der Waals surface area (Å²) in [4.78, 5) is 17.4. The van der Waals surface area contributed by atoms with Gasteiger partial charge in [0.1, 0.15) is 0 Å². The Hall–Kier alpha value is -1.55. The Morgan fingerprint density at radius 2 is 2.16 bits per heavy atom. The van der Waals surface area contributed by atoms with Crippen LogP contribution >= 0.6 is 11.6 Å². The second kappa shape index (κ2) is 5.21. The van der Waals surface area contributed by atoms with E-state index in [1.165, 1.54) is 0 Å². The van der Waals surface area contributed by atoms with Gasteiger partial charge in [0.2, 0.25) is 5.60 Å². The lowest BCUT2D eigenvalue weighted by molar-refractivity contribution is -0.142. The van der Waals surface area contributed by atoms with Crippen molar-refractivity contribution in [3.05, 3.63) is 34.9 Å². The maximum absolute atomic E-state index is 12.1. The SMILES string of the molecule is CC(C)NC(=O)C1(C)CC(c2ccccc2Cl)=NO1.